The van der Waals surface area contributed by atoms with Crippen LogP contribution in [0.15, 0.2) is 0 Å². The normalized spacial score (nSPS) is 27.3. The average molecular weight is 505 g/mol. The number of aliphatic hydroxyl groups excluding tert-OH is 4. The monoisotopic (exact) mass is 504 g/mol. The number of ether oxygens (including phenoxy) is 1. The second-order valence-electron chi connectivity index (χ2n) is 10.0. The van der Waals surface area contributed by atoms with E-state index in [0.717, 1.165) is 51.4 Å². The quantitative estimate of drug-likeness (QED) is 0.114. The lowest BCUT2D eigenvalue weighted by Crippen LogP contribution is -2.65. The first-order chi connectivity index (χ1) is 16.6. The van der Waals surface area contributed by atoms with Crippen LogP contribution in [-0.4, -0.2) is 85.1 Å². The second-order valence-corrected chi connectivity index (χ2v) is 10.0. The first-order valence-electron chi connectivity index (χ1n) is 13.4. The van der Waals surface area contributed by atoms with Crippen molar-refractivity contribution in [2.24, 2.45) is 5.92 Å². The third-order valence-corrected chi connectivity index (χ3v) is 7.25. The first kappa shape index (κ1) is 31.9. The lowest BCUT2D eigenvalue weighted by atomic mass is 9.72. The molecule has 0 aromatic rings. The maximum absolute atomic E-state index is 13.1. The van der Waals surface area contributed by atoms with Crippen LogP contribution in [0, 0.1) is 5.92 Å². The van der Waals surface area contributed by atoms with Crippen molar-refractivity contribution in [3.05, 3.63) is 0 Å². The zero-order valence-corrected chi connectivity index (χ0v) is 21.5. The molecule has 1 saturated heterocycles. The average Bonchev–Trinajstić information content (AvgIpc) is 2.83. The SMILES string of the molecule is CCCCCCCCCC(=O)C(O)(C(=O)O)C(CCCCCCCO)C1O[C@H](C)[C@@H](O)[C@H](O)[C@@H]1O. The van der Waals surface area contributed by atoms with Gasteiger partial charge in [0.1, 0.15) is 18.3 Å². The zero-order valence-electron chi connectivity index (χ0n) is 21.5. The van der Waals surface area contributed by atoms with E-state index in [9.17, 15) is 35.1 Å². The van der Waals surface area contributed by atoms with Crippen LogP contribution in [0.4, 0.5) is 0 Å². The largest absolute Gasteiger partial charge is 0.479 e. The summed E-state index contributed by atoms with van der Waals surface area (Å²) >= 11 is 0. The number of carboxylic acids is 1. The highest BCUT2D eigenvalue weighted by atomic mass is 16.5. The van der Waals surface area contributed by atoms with Gasteiger partial charge in [-0.15, -0.1) is 0 Å². The fraction of sp³-hybridized carbons (Fsp3) is 0.923. The van der Waals surface area contributed by atoms with Crippen LogP contribution in [0.5, 0.6) is 0 Å². The summed E-state index contributed by atoms with van der Waals surface area (Å²) in [6.07, 6.45) is 3.11. The standard InChI is InChI=1S/C26H48O9/c1-3-4-5-6-7-10-13-16-20(28)26(34,25(32)33)19(15-12-9-8-11-14-17-27)24-23(31)22(30)21(29)18(2)35-24/h18-19,21-24,27,29-31,34H,3-17H2,1-2H3,(H,32,33)/t18-,19?,21-,22+,23+,24?,26?/m1/s1. The number of hydrogen-bond acceptors (Lipinski definition) is 8. The van der Waals surface area contributed by atoms with Crippen LogP contribution < -0.4 is 0 Å². The van der Waals surface area contributed by atoms with Crippen LogP contribution in [0.25, 0.3) is 0 Å². The fourth-order valence-electron chi connectivity index (χ4n) is 4.95. The summed E-state index contributed by atoms with van der Waals surface area (Å²) < 4.78 is 5.70. The number of carboxylic acid groups (broad SMARTS) is 1. The van der Waals surface area contributed by atoms with Gasteiger partial charge in [0, 0.05) is 18.9 Å². The van der Waals surface area contributed by atoms with Crippen LogP contribution >= 0.6 is 0 Å². The van der Waals surface area contributed by atoms with E-state index in [1.54, 1.807) is 0 Å². The minimum atomic E-state index is -2.78. The van der Waals surface area contributed by atoms with Gasteiger partial charge in [0.25, 0.3) is 0 Å². The third-order valence-electron chi connectivity index (χ3n) is 7.25. The Morgan fingerprint density at radius 3 is 1.94 bits per heavy atom. The molecule has 9 heteroatoms. The van der Waals surface area contributed by atoms with Crippen molar-refractivity contribution in [1.82, 2.24) is 0 Å². The molecule has 0 amide bonds. The highest BCUT2D eigenvalue weighted by Gasteiger charge is 2.57. The molecular weight excluding hydrogens is 456 g/mol. The van der Waals surface area contributed by atoms with Crippen molar-refractivity contribution < 1.29 is 45.0 Å². The summed E-state index contributed by atoms with van der Waals surface area (Å²) in [5.74, 6) is -3.82. The smallest absolute Gasteiger partial charge is 0.343 e. The van der Waals surface area contributed by atoms with Gasteiger partial charge >= 0.3 is 5.97 Å². The second kappa shape index (κ2) is 16.6. The molecule has 1 rings (SSSR count). The minimum Gasteiger partial charge on any atom is -0.479 e. The Bertz CT molecular complexity index is 614. The molecule has 0 aromatic carbocycles. The summed E-state index contributed by atoms with van der Waals surface area (Å²) in [6, 6.07) is 0. The predicted molar refractivity (Wildman–Crippen MR) is 131 cm³/mol. The molecule has 35 heavy (non-hydrogen) atoms. The molecule has 3 unspecified atom stereocenters. The Morgan fingerprint density at radius 1 is 0.829 bits per heavy atom. The summed E-state index contributed by atoms with van der Waals surface area (Å²) in [6.45, 7) is 3.71. The number of rotatable bonds is 19. The molecular formula is C26H48O9. The van der Waals surface area contributed by atoms with E-state index in [-0.39, 0.29) is 19.4 Å². The molecule has 0 aromatic heterocycles. The molecule has 0 aliphatic carbocycles. The molecule has 7 atom stereocenters. The van der Waals surface area contributed by atoms with Gasteiger partial charge in [-0.05, 0) is 26.2 Å². The van der Waals surface area contributed by atoms with Crippen LogP contribution in [-0.2, 0) is 14.3 Å². The highest BCUT2D eigenvalue weighted by molar-refractivity contribution is 6.06. The summed E-state index contributed by atoms with van der Waals surface area (Å²) in [7, 11) is 0. The number of aliphatic hydroxyl groups is 5. The molecule has 1 fully saturated rings. The lowest BCUT2D eigenvalue weighted by molar-refractivity contribution is -0.246. The van der Waals surface area contributed by atoms with Gasteiger partial charge in [0.05, 0.1) is 12.2 Å². The Hall–Kier alpha value is -1.10. The van der Waals surface area contributed by atoms with Gasteiger partial charge in [-0.2, -0.15) is 0 Å². The van der Waals surface area contributed by atoms with E-state index >= 15 is 0 Å². The van der Waals surface area contributed by atoms with Crippen molar-refractivity contribution in [3.63, 3.8) is 0 Å². The fourth-order valence-corrected chi connectivity index (χ4v) is 4.95. The van der Waals surface area contributed by atoms with Gasteiger partial charge in [-0.3, -0.25) is 4.79 Å². The Balaban J connectivity index is 2.98. The van der Waals surface area contributed by atoms with Crippen LogP contribution in [0.3, 0.4) is 0 Å². The molecule has 1 aliphatic rings. The number of aliphatic carboxylic acids is 1. The van der Waals surface area contributed by atoms with E-state index < -0.39 is 53.8 Å². The first-order valence-corrected chi connectivity index (χ1v) is 13.4. The van der Waals surface area contributed by atoms with Gasteiger partial charge in [-0.25, -0.2) is 4.79 Å². The van der Waals surface area contributed by atoms with Crippen molar-refractivity contribution in [2.45, 2.75) is 140 Å². The maximum atomic E-state index is 13.1. The van der Waals surface area contributed by atoms with Crippen molar-refractivity contribution in [2.75, 3.05) is 6.61 Å². The van der Waals surface area contributed by atoms with E-state index in [2.05, 4.69) is 6.92 Å². The zero-order chi connectivity index (χ0) is 26.4. The van der Waals surface area contributed by atoms with Crippen molar-refractivity contribution in [3.8, 4) is 0 Å². The van der Waals surface area contributed by atoms with E-state index in [4.69, 9.17) is 9.84 Å². The Labute approximate surface area is 209 Å². The molecule has 206 valence electrons. The number of unbranched alkanes of at least 4 members (excludes halogenated alkanes) is 10. The van der Waals surface area contributed by atoms with Crippen LogP contribution in [0.1, 0.15) is 104 Å². The molecule has 1 aliphatic heterocycles. The number of Topliss-reactive ketones (excluding diaryl/α,β-unsaturated/α-hetero) is 1. The number of hydrogen-bond donors (Lipinski definition) is 6. The molecule has 1 heterocycles. The van der Waals surface area contributed by atoms with Crippen molar-refractivity contribution in [1.29, 1.82) is 0 Å². The lowest BCUT2D eigenvalue weighted by Gasteiger charge is -2.45. The van der Waals surface area contributed by atoms with E-state index in [1.807, 2.05) is 0 Å². The van der Waals surface area contributed by atoms with Gasteiger partial charge in [0.2, 0.25) is 5.60 Å². The molecule has 0 spiro atoms. The Morgan fingerprint density at radius 2 is 1.37 bits per heavy atom. The molecule has 0 saturated carbocycles. The summed E-state index contributed by atoms with van der Waals surface area (Å²) in [5.41, 5.74) is -2.78. The minimum absolute atomic E-state index is 0.0853. The number of carbonyl (C=O) groups is 2. The predicted octanol–water partition coefficient (Wildman–Crippen LogP) is 2.33. The van der Waals surface area contributed by atoms with E-state index in [1.165, 1.54) is 6.92 Å². The molecule has 6 N–H and O–H groups in total. The number of ketones is 1. The molecule has 0 radical (unpaired) electrons. The van der Waals surface area contributed by atoms with Gasteiger partial charge in [-0.1, -0.05) is 71.1 Å². The van der Waals surface area contributed by atoms with Gasteiger partial charge in [0.15, 0.2) is 5.78 Å². The molecule has 9 nitrogen and oxygen atoms in total. The van der Waals surface area contributed by atoms with E-state index in [0.29, 0.717) is 25.7 Å². The third kappa shape index (κ3) is 9.37. The Kier molecular flexibility index (Phi) is 15.1. The number of carbonyl (C=O) groups excluding carboxylic acids is 1. The maximum Gasteiger partial charge on any atom is 0.343 e. The summed E-state index contributed by atoms with van der Waals surface area (Å²) in [4.78, 5) is 25.4. The highest BCUT2D eigenvalue weighted by Crippen LogP contribution is 2.37. The van der Waals surface area contributed by atoms with Crippen LogP contribution in [0.2, 0.25) is 0 Å². The van der Waals surface area contributed by atoms with Crippen molar-refractivity contribution >= 4 is 11.8 Å². The topological polar surface area (TPSA) is 165 Å². The van der Waals surface area contributed by atoms with Gasteiger partial charge < -0.3 is 35.4 Å². The molecule has 0 bridgehead atoms. The summed E-state index contributed by atoms with van der Waals surface area (Å²) in [5, 5.41) is 61.2.